The molecule has 4 nitrogen and oxygen atoms in total. The van der Waals surface area contributed by atoms with Crippen LogP contribution < -0.4 is 5.32 Å². The molecule has 1 saturated heterocycles. The molecule has 1 N–H and O–H groups in total. The van der Waals surface area contributed by atoms with Gasteiger partial charge in [-0.15, -0.1) is 0 Å². The Morgan fingerprint density at radius 3 is 2.79 bits per heavy atom. The maximum absolute atomic E-state index is 11.8. The van der Waals surface area contributed by atoms with Gasteiger partial charge in [-0.05, 0) is 27.7 Å². The Morgan fingerprint density at radius 1 is 1.64 bits per heavy atom. The number of piperazine rings is 1. The van der Waals surface area contributed by atoms with E-state index in [9.17, 15) is 4.79 Å². The normalized spacial score (nSPS) is 29.1. The van der Waals surface area contributed by atoms with E-state index in [0.29, 0.717) is 6.54 Å². The molecule has 0 spiro atoms. The van der Waals surface area contributed by atoms with E-state index in [1.54, 1.807) is 20.8 Å². The molecule has 0 saturated carbocycles. The predicted molar refractivity (Wildman–Crippen MR) is 55.3 cm³/mol. The van der Waals surface area contributed by atoms with Gasteiger partial charge in [0.25, 0.3) is 0 Å². The lowest BCUT2D eigenvalue weighted by Crippen LogP contribution is -2.52. The van der Waals surface area contributed by atoms with Crippen molar-refractivity contribution in [2.24, 2.45) is 0 Å². The molecule has 0 aromatic rings. The number of carbonyl (C=O) groups excluding carboxylic acids is 1. The second kappa shape index (κ2) is 4.17. The van der Waals surface area contributed by atoms with Crippen LogP contribution in [0.2, 0.25) is 0 Å². The van der Waals surface area contributed by atoms with E-state index < -0.39 is 18.2 Å². The van der Waals surface area contributed by atoms with Gasteiger partial charge in [-0.3, -0.25) is 0 Å². The Bertz CT molecular complexity index is 276. The van der Waals surface area contributed by atoms with E-state index in [4.69, 9.17) is 7.48 Å². The standard InChI is InChI=1S/C10H20N2O2/c1-8-7-12(6-5-11-8)9(13)14-10(2,3)4/h8,11H,5-7H2,1-4H3/t8-/m0/s1/i5D2. The Morgan fingerprint density at radius 2 is 2.29 bits per heavy atom. The lowest BCUT2D eigenvalue weighted by molar-refractivity contribution is 0.0201. The van der Waals surface area contributed by atoms with Crippen LogP contribution >= 0.6 is 0 Å². The number of nitrogens with one attached hydrogen (secondary N) is 1. The number of amides is 1. The first-order chi connectivity index (χ1) is 7.09. The zero-order valence-electron chi connectivity index (χ0n) is 11.3. The molecule has 1 aliphatic heterocycles. The van der Waals surface area contributed by atoms with Gasteiger partial charge in [0.1, 0.15) is 5.60 Å². The molecule has 14 heavy (non-hydrogen) atoms. The Kier molecular flexibility index (Phi) is 2.54. The largest absolute Gasteiger partial charge is 0.444 e. The second-order valence-corrected chi connectivity index (χ2v) is 4.58. The molecule has 0 bridgehead atoms. The van der Waals surface area contributed by atoms with Gasteiger partial charge in [0.15, 0.2) is 0 Å². The van der Waals surface area contributed by atoms with Crippen LogP contribution in [-0.4, -0.2) is 42.2 Å². The van der Waals surface area contributed by atoms with Crippen molar-refractivity contribution in [2.75, 3.05) is 19.6 Å². The first-order valence-electron chi connectivity index (χ1n) is 5.85. The number of ether oxygens (including phenoxy) is 1. The summed E-state index contributed by atoms with van der Waals surface area (Å²) in [4.78, 5) is 13.2. The molecular weight excluding hydrogens is 180 g/mol. The van der Waals surface area contributed by atoms with Crippen molar-refractivity contribution in [1.29, 1.82) is 0 Å². The molecular formula is C10H20N2O2. The fourth-order valence-electron chi connectivity index (χ4n) is 1.22. The summed E-state index contributed by atoms with van der Waals surface area (Å²) >= 11 is 0. The number of nitrogens with zero attached hydrogens (tertiary/aromatic N) is 1. The van der Waals surface area contributed by atoms with Gasteiger partial charge in [0.2, 0.25) is 0 Å². The van der Waals surface area contributed by atoms with Crippen LogP contribution in [0.1, 0.15) is 30.4 Å². The van der Waals surface area contributed by atoms with Gasteiger partial charge < -0.3 is 15.0 Å². The third-order valence-electron chi connectivity index (χ3n) is 1.76. The fourth-order valence-corrected chi connectivity index (χ4v) is 1.22. The van der Waals surface area contributed by atoms with E-state index >= 15 is 0 Å². The van der Waals surface area contributed by atoms with Gasteiger partial charge in [0, 0.05) is 28.4 Å². The topological polar surface area (TPSA) is 41.6 Å². The SMILES string of the molecule is [2H]C1([2H])CN(C(=O)OC(C)(C)C)C[C@H](C)N1. The van der Waals surface area contributed by atoms with Crippen LogP contribution in [0.5, 0.6) is 0 Å². The smallest absolute Gasteiger partial charge is 0.410 e. The number of carbonyl (C=O) groups is 1. The van der Waals surface area contributed by atoms with Gasteiger partial charge >= 0.3 is 6.09 Å². The van der Waals surface area contributed by atoms with Crippen molar-refractivity contribution in [1.82, 2.24) is 10.2 Å². The molecule has 4 heteroatoms. The van der Waals surface area contributed by atoms with Gasteiger partial charge in [-0.25, -0.2) is 4.79 Å². The fraction of sp³-hybridized carbons (Fsp3) is 0.900. The van der Waals surface area contributed by atoms with Crippen molar-refractivity contribution in [3.05, 3.63) is 0 Å². The molecule has 1 atom stereocenters. The summed E-state index contributed by atoms with van der Waals surface area (Å²) in [5.41, 5.74) is -0.544. The van der Waals surface area contributed by atoms with E-state index in [-0.39, 0.29) is 12.6 Å². The molecule has 1 aliphatic rings. The highest BCUT2D eigenvalue weighted by atomic mass is 16.6. The molecule has 0 aromatic heterocycles. The summed E-state index contributed by atoms with van der Waals surface area (Å²) in [7, 11) is 0. The van der Waals surface area contributed by atoms with Gasteiger partial charge in [0.05, 0.1) is 0 Å². The maximum Gasteiger partial charge on any atom is 0.410 e. The average Bonchev–Trinajstić information content (AvgIpc) is 1.96. The summed E-state index contributed by atoms with van der Waals surface area (Å²) in [6.07, 6.45) is -0.454. The summed E-state index contributed by atoms with van der Waals surface area (Å²) in [6, 6.07) is -0.0729. The summed E-state index contributed by atoms with van der Waals surface area (Å²) < 4.78 is 20.4. The lowest BCUT2D eigenvalue weighted by Gasteiger charge is -2.33. The predicted octanol–water partition coefficient (Wildman–Crippen LogP) is 1.22. The molecule has 0 aliphatic carbocycles. The third-order valence-corrected chi connectivity index (χ3v) is 1.76. The average molecular weight is 202 g/mol. The summed E-state index contributed by atoms with van der Waals surface area (Å²) in [6.45, 7) is 6.17. The molecule has 1 amide bonds. The molecule has 1 rings (SSSR count). The first kappa shape index (κ1) is 8.53. The van der Waals surface area contributed by atoms with Crippen molar-refractivity contribution in [3.63, 3.8) is 0 Å². The minimum absolute atomic E-state index is 0.0201. The number of hydrogen-bond donors (Lipinski definition) is 1. The minimum Gasteiger partial charge on any atom is -0.444 e. The molecule has 0 radical (unpaired) electrons. The summed E-state index contributed by atoms with van der Waals surface area (Å²) in [5, 5.41) is 2.79. The molecule has 0 aromatic carbocycles. The van der Waals surface area contributed by atoms with E-state index in [1.807, 2.05) is 6.92 Å². The molecule has 0 unspecified atom stereocenters. The van der Waals surface area contributed by atoms with E-state index in [2.05, 4.69) is 5.32 Å². The summed E-state index contributed by atoms with van der Waals surface area (Å²) in [5.74, 6) is 0. The molecule has 1 fully saturated rings. The van der Waals surface area contributed by atoms with Crippen molar-refractivity contribution in [3.8, 4) is 0 Å². The highest BCUT2D eigenvalue weighted by Crippen LogP contribution is 2.11. The van der Waals surface area contributed by atoms with Crippen molar-refractivity contribution < 1.29 is 12.3 Å². The molecule has 1 heterocycles. The van der Waals surface area contributed by atoms with E-state index in [0.717, 1.165) is 0 Å². The van der Waals surface area contributed by atoms with Crippen molar-refractivity contribution in [2.45, 2.75) is 39.3 Å². The first-order valence-corrected chi connectivity index (χ1v) is 4.85. The van der Waals surface area contributed by atoms with Crippen molar-refractivity contribution >= 4 is 6.09 Å². The van der Waals surface area contributed by atoms with E-state index in [1.165, 1.54) is 4.90 Å². The van der Waals surface area contributed by atoms with Crippen LogP contribution in [0.4, 0.5) is 4.79 Å². The Hall–Kier alpha value is -0.770. The van der Waals surface area contributed by atoms with Gasteiger partial charge in [-0.1, -0.05) is 0 Å². The highest BCUT2D eigenvalue weighted by molar-refractivity contribution is 5.68. The third kappa shape index (κ3) is 3.54. The van der Waals surface area contributed by atoms with Crippen LogP contribution in [0.25, 0.3) is 0 Å². The monoisotopic (exact) mass is 202 g/mol. The minimum atomic E-state index is -1.55. The zero-order chi connectivity index (χ0) is 12.6. The number of hydrogen-bond acceptors (Lipinski definition) is 3. The van der Waals surface area contributed by atoms with Crippen LogP contribution in [0, 0.1) is 0 Å². The number of rotatable bonds is 0. The second-order valence-electron chi connectivity index (χ2n) is 4.58. The molecule has 82 valence electrons. The lowest BCUT2D eigenvalue weighted by atomic mass is 10.2. The maximum atomic E-state index is 11.8. The Labute approximate surface area is 88.4 Å². The Balaban J connectivity index is 2.63. The van der Waals surface area contributed by atoms with Gasteiger partial charge in [-0.2, -0.15) is 0 Å². The zero-order valence-corrected chi connectivity index (χ0v) is 9.26. The van der Waals surface area contributed by atoms with Crippen LogP contribution in [-0.2, 0) is 4.74 Å². The van der Waals surface area contributed by atoms with Crippen LogP contribution in [0.15, 0.2) is 0 Å². The van der Waals surface area contributed by atoms with Crippen LogP contribution in [0.3, 0.4) is 0 Å². The quantitative estimate of drug-likeness (QED) is 0.642. The highest BCUT2D eigenvalue weighted by Gasteiger charge is 2.25.